The molecule has 2 aromatic heterocycles. The van der Waals surface area contributed by atoms with Gasteiger partial charge in [0.15, 0.2) is 0 Å². The molecule has 3 heterocycles. The summed E-state index contributed by atoms with van der Waals surface area (Å²) in [5.41, 5.74) is 8.36. The van der Waals surface area contributed by atoms with Crippen LogP contribution in [0.4, 0.5) is 4.79 Å². The predicted molar refractivity (Wildman–Crippen MR) is 163 cm³/mol. The SMILES string of the molecule is CCCC(CCC)n1cc(C2=CCN(C(=O)OC(C)(C)C)CC2)c2cc(-c3c(CC)cccc3CC)ncc21. The molecule has 0 unspecified atom stereocenters. The summed E-state index contributed by atoms with van der Waals surface area (Å²) in [5.74, 6) is 0. The van der Waals surface area contributed by atoms with E-state index in [-0.39, 0.29) is 6.09 Å². The molecule has 1 aliphatic rings. The van der Waals surface area contributed by atoms with Gasteiger partial charge >= 0.3 is 6.09 Å². The number of nitrogens with zero attached hydrogens (tertiary/aromatic N) is 3. The van der Waals surface area contributed by atoms with Crippen LogP contribution in [0.5, 0.6) is 0 Å². The van der Waals surface area contributed by atoms with Crippen molar-refractivity contribution in [2.24, 2.45) is 0 Å². The standard InChI is InChI=1S/C34H47N3O2/c1-8-13-27(14-9-2)37-23-29(26-17-19-36(20-18-26)33(38)39-34(5,6)7)28-21-30(35-22-31(28)37)32-24(10-3)15-12-16-25(32)11-4/h12,15-17,21-23,27H,8-11,13-14,18-20H2,1-7H3. The molecule has 0 spiro atoms. The molecule has 1 aromatic carbocycles. The Labute approximate surface area is 235 Å². The number of amides is 1. The number of fused-ring (bicyclic) bond motifs is 1. The van der Waals surface area contributed by atoms with Crippen LogP contribution >= 0.6 is 0 Å². The van der Waals surface area contributed by atoms with Crippen molar-refractivity contribution < 1.29 is 9.53 Å². The monoisotopic (exact) mass is 529 g/mol. The van der Waals surface area contributed by atoms with Crippen LogP contribution in [-0.2, 0) is 17.6 Å². The second-order valence-corrected chi connectivity index (χ2v) is 11.8. The van der Waals surface area contributed by atoms with Crippen LogP contribution in [0.2, 0.25) is 0 Å². The third-order valence-electron chi connectivity index (χ3n) is 7.82. The Bertz CT molecular complexity index is 1300. The molecule has 0 aliphatic carbocycles. The lowest BCUT2D eigenvalue weighted by molar-refractivity contribution is 0.0270. The molecule has 0 fully saturated rings. The maximum Gasteiger partial charge on any atom is 0.410 e. The van der Waals surface area contributed by atoms with Gasteiger partial charge in [-0.2, -0.15) is 0 Å². The molecule has 3 aromatic rings. The first-order valence-electron chi connectivity index (χ1n) is 15.0. The quantitative estimate of drug-likeness (QED) is 0.278. The van der Waals surface area contributed by atoms with Gasteiger partial charge in [0.2, 0.25) is 0 Å². The van der Waals surface area contributed by atoms with E-state index in [0.29, 0.717) is 19.1 Å². The number of aryl methyl sites for hydroxylation is 2. The number of pyridine rings is 1. The second kappa shape index (κ2) is 12.4. The van der Waals surface area contributed by atoms with E-state index in [2.05, 4.69) is 75.0 Å². The molecule has 5 heteroatoms. The van der Waals surface area contributed by atoms with Gasteiger partial charge in [-0.05, 0) is 75.6 Å². The average Bonchev–Trinajstić information content (AvgIpc) is 3.30. The summed E-state index contributed by atoms with van der Waals surface area (Å²) in [6, 6.07) is 9.43. The molecule has 0 saturated heterocycles. The highest BCUT2D eigenvalue weighted by molar-refractivity contribution is 5.95. The van der Waals surface area contributed by atoms with Crippen molar-refractivity contribution in [1.82, 2.24) is 14.5 Å². The summed E-state index contributed by atoms with van der Waals surface area (Å²) in [7, 11) is 0. The molecule has 0 N–H and O–H groups in total. The molecule has 1 aliphatic heterocycles. The van der Waals surface area contributed by atoms with Crippen LogP contribution in [0.25, 0.3) is 27.7 Å². The van der Waals surface area contributed by atoms with Gasteiger partial charge in [0.05, 0.1) is 17.4 Å². The van der Waals surface area contributed by atoms with E-state index in [1.807, 2.05) is 25.7 Å². The predicted octanol–water partition coefficient (Wildman–Crippen LogP) is 8.99. The lowest BCUT2D eigenvalue weighted by atomic mass is 9.93. The molecular formula is C34H47N3O2. The number of carbonyl (C=O) groups excluding carboxylic acids is 1. The first-order valence-corrected chi connectivity index (χ1v) is 15.0. The average molecular weight is 530 g/mol. The molecule has 5 nitrogen and oxygen atoms in total. The first-order chi connectivity index (χ1) is 18.7. The molecule has 210 valence electrons. The van der Waals surface area contributed by atoms with Crippen molar-refractivity contribution >= 4 is 22.6 Å². The van der Waals surface area contributed by atoms with Crippen LogP contribution < -0.4 is 0 Å². The van der Waals surface area contributed by atoms with Gasteiger partial charge < -0.3 is 14.2 Å². The fourth-order valence-corrected chi connectivity index (χ4v) is 5.91. The number of benzene rings is 1. The highest BCUT2D eigenvalue weighted by atomic mass is 16.6. The maximum atomic E-state index is 12.7. The van der Waals surface area contributed by atoms with Crippen LogP contribution in [0.3, 0.4) is 0 Å². The number of ether oxygens (including phenoxy) is 1. The largest absolute Gasteiger partial charge is 0.444 e. The number of hydrogen-bond acceptors (Lipinski definition) is 3. The van der Waals surface area contributed by atoms with E-state index >= 15 is 0 Å². The third-order valence-corrected chi connectivity index (χ3v) is 7.82. The molecule has 4 rings (SSSR count). The molecular weight excluding hydrogens is 482 g/mol. The molecule has 0 bridgehead atoms. The first kappa shape index (κ1) is 28.9. The summed E-state index contributed by atoms with van der Waals surface area (Å²) in [6.45, 7) is 16.0. The van der Waals surface area contributed by atoms with E-state index in [4.69, 9.17) is 9.72 Å². The van der Waals surface area contributed by atoms with Crippen molar-refractivity contribution in [3.8, 4) is 11.3 Å². The van der Waals surface area contributed by atoms with Gasteiger partial charge in [0.25, 0.3) is 0 Å². The Morgan fingerprint density at radius 2 is 1.72 bits per heavy atom. The van der Waals surface area contributed by atoms with E-state index in [1.165, 1.54) is 38.7 Å². The topological polar surface area (TPSA) is 47.4 Å². The Balaban J connectivity index is 1.82. The van der Waals surface area contributed by atoms with Gasteiger partial charge in [0, 0.05) is 41.8 Å². The Kier molecular flexibility index (Phi) is 9.19. The highest BCUT2D eigenvalue weighted by Gasteiger charge is 2.26. The zero-order chi connectivity index (χ0) is 28.2. The van der Waals surface area contributed by atoms with Gasteiger partial charge in [-0.3, -0.25) is 4.98 Å². The lowest BCUT2D eigenvalue weighted by Gasteiger charge is -2.29. The minimum atomic E-state index is -0.489. The minimum absolute atomic E-state index is 0.235. The molecule has 39 heavy (non-hydrogen) atoms. The van der Waals surface area contributed by atoms with E-state index in [0.717, 1.165) is 50.6 Å². The van der Waals surface area contributed by atoms with Gasteiger partial charge in [-0.15, -0.1) is 0 Å². The van der Waals surface area contributed by atoms with Crippen LogP contribution in [0, 0.1) is 0 Å². The summed E-state index contributed by atoms with van der Waals surface area (Å²) >= 11 is 0. The Morgan fingerprint density at radius 3 is 2.26 bits per heavy atom. The fourth-order valence-electron chi connectivity index (χ4n) is 5.91. The van der Waals surface area contributed by atoms with Gasteiger partial charge in [-0.25, -0.2) is 4.79 Å². The van der Waals surface area contributed by atoms with Crippen LogP contribution in [-0.4, -0.2) is 39.2 Å². The zero-order valence-electron chi connectivity index (χ0n) is 25.1. The molecule has 1 amide bonds. The number of rotatable bonds is 9. The Morgan fingerprint density at radius 1 is 1.05 bits per heavy atom. The molecule has 0 saturated carbocycles. The summed E-state index contributed by atoms with van der Waals surface area (Å²) < 4.78 is 8.12. The molecule has 0 atom stereocenters. The number of carbonyl (C=O) groups is 1. The van der Waals surface area contributed by atoms with E-state index < -0.39 is 5.60 Å². The van der Waals surface area contributed by atoms with Crippen molar-refractivity contribution in [3.63, 3.8) is 0 Å². The van der Waals surface area contributed by atoms with Crippen molar-refractivity contribution in [2.45, 2.75) is 105 Å². The molecule has 0 radical (unpaired) electrons. The number of aromatic nitrogens is 2. The van der Waals surface area contributed by atoms with Crippen LogP contribution in [0.1, 0.15) is 103 Å². The summed E-state index contributed by atoms with van der Waals surface area (Å²) in [4.78, 5) is 19.6. The number of hydrogen-bond donors (Lipinski definition) is 0. The van der Waals surface area contributed by atoms with E-state index in [1.54, 1.807) is 0 Å². The van der Waals surface area contributed by atoms with E-state index in [9.17, 15) is 4.79 Å². The second-order valence-electron chi connectivity index (χ2n) is 11.8. The van der Waals surface area contributed by atoms with Crippen molar-refractivity contribution in [2.75, 3.05) is 13.1 Å². The lowest BCUT2D eigenvalue weighted by Crippen LogP contribution is -2.39. The minimum Gasteiger partial charge on any atom is -0.444 e. The fraction of sp³-hybridized carbons (Fsp3) is 0.529. The van der Waals surface area contributed by atoms with Crippen LogP contribution in [0.15, 0.2) is 42.7 Å². The van der Waals surface area contributed by atoms with Crippen molar-refractivity contribution in [1.29, 1.82) is 0 Å². The maximum absolute atomic E-state index is 12.7. The summed E-state index contributed by atoms with van der Waals surface area (Å²) in [5, 5.41) is 1.27. The zero-order valence-corrected chi connectivity index (χ0v) is 25.1. The summed E-state index contributed by atoms with van der Waals surface area (Å²) in [6.07, 6.45) is 13.9. The van der Waals surface area contributed by atoms with Crippen molar-refractivity contribution in [3.05, 3.63) is 59.4 Å². The van der Waals surface area contributed by atoms with Gasteiger partial charge in [0.1, 0.15) is 5.60 Å². The van der Waals surface area contributed by atoms with Gasteiger partial charge in [-0.1, -0.05) is 64.8 Å². The third kappa shape index (κ3) is 6.40. The Hall–Kier alpha value is -3.08. The normalized spacial score (nSPS) is 14.3. The smallest absolute Gasteiger partial charge is 0.410 e. The highest BCUT2D eigenvalue weighted by Crippen LogP contribution is 2.37.